The van der Waals surface area contributed by atoms with Gasteiger partial charge in [0.2, 0.25) is 10.0 Å². The molecule has 0 aliphatic rings. The SMILES string of the molecule is CNS(=O)(=O)c1ccc(CNc2cc(C(C)C)nc(C(C)C)n2)cc1. The Morgan fingerprint density at radius 2 is 1.64 bits per heavy atom. The highest BCUT2D eigenvalue weighted by Crippen LogP contribution is 2.20. The monoisotopic (exact) mass is 362 g/mol. The fourth-order valence-electron chi connectivity index (χ4n) is 2.23. The number of nitrogens with zero attached hydrogens (tertiary/aromatic N) is 2. The Balaban J connectivity index is 2.15. The summed E-state index contributed by atoms with van der Waals surface area (Å²) in [5.41, 5.74) is 1.99. The average Bonchev–Trinajstić information content (AvgIpc) is 2.60. The predicted molar refractivity (Wildman–Crippen MR) is 100 cm³/mol. The van der Waals surface area contributed by atoms with Gasteiger partial charge in [0.05, 0.1) is 4.90 Å². The molecule has 0 fully saturated rings. The molecule has 0 saturated heterocycles. The van der Waals surface area contributed by atoms with Crippen molar-refractivity contribution in [1.82, 2.24) is 14.7 Å². The van der Waals surface area contributed by atoms with Gasteiger partial charge in [0.15, 0.2) is 0 Å². The topological polar surface area (TPSA) is 84.0 Å². The molecule has 0 saturated carbocycles. The summed E-state index contributed by atoms with van der Waals surface area (Å²) in [6, 6.07) is 8.76. The number of sulfonamides is 1. The number of nitrogens with one attached hydrogen (secondary N) is 2. The molecule has 25 heavy (non-hydrogen) atoms. The minimum Gasteiger partial charge on any atom is -0.366 e. The number of hydrogen-bond acceptors (Lipinski definition) is 5. The zero-order chi connectivity index (χ0) is 18.6. The van der Waals surface area contributed by atoms with Gasteiger partial charge < -0.3 is 5.32 Å². The normalized spacial score (nSPS) is 12.0. The Hall–Kier alpha value is -1.99. The molecule has 0 aliphatic heterocycles. The molecule has 2 rings (SSSR count). The van der Waals surface area contributed by atoms with Crippen molar-refractivity contribution in [2.45, 2.75) is 51.0 Å². The standard InChI is InChI=1S/C18H26N4O2S/c1-12(2)16-10-17(22-18(21-16)13(3)4)20-11-14-6-8-15(9-7-14)25(23,24)19-5/h6-10,12-13,19H,11H2,1-5H3,(H,20,21,22). The van der Waals surface area contributed by atoms with Gasteiger partial charge in [-0.3, -0.25) is 0 Å². The number of aromatic nitrogens is 2. The summed E-state index contributed by atoms with van der Waals surface area (Å²) in [6.07, 6.45) is 0. The molecular formula is C18H26N4O2S. The van der Waals surface area contributed by atoms with Crippen molar-refractivity contribution < 1.29 is 8.42 Å². The molecule has 0 atom stereocenters. The highest BCUT2D eigenvalue weighted by molar-refractivity contribution is 7.89. The van der Waals surface area contributed by atoms with Crippen LogP contribution in [0.2, 0.25) is 0 Å². The second-order valence-corrected chi connectivity index (χ2v) is 8.44. The summed E-state index contributed by atoms with van der Waals surface area (Å²) in [6.45, 7) is 8.93. The minimum atomic E-state index is -3.40. The van der Waals surface area contributed by atoms with E-state index in [0.29, 0.717) is 12.5 Å². The highest BCUT2D eigenvalue weighted by atomic mass is 32.2. The first-order valence-electron chi connectivity index (χ1n) is 8.38. The molecule has 1 aromatic heterocycles. The van der Waals surface area contributed by atoms with E-state index in [1.54, 1.807) is 24.3 Å². The fourth-order valence-corrected chi connectivity index (χ4v) is 2.96. The van der Waals surface area contributed by atoms with Crippen molar-refractivity contribution in [2.75, 3.05) is 12.4 Å². The third-order valence-electron chi connectivity index (χ3n) is 3.85. The van der Waals surface area contributed by atoms with E-state index in [4.69, 9.17) is 0 Å². The van der Waals surface area contributed by atoms with Gasteiger partial charge in [0.1, 0.15) is 11.6 Å². The van der Waals surface area contributed by atoms with E-state index in [0.717, 1.165) is 22.9 Å². The van der Waals surface area contributed by atoms with Crippen molar-refractivity contribution in [2.24, 2.45) is 0 Å². The first-order chi connectivity index (χ1) is 11.7. The van der Waals surface area contributed by atoms with Gasteiger partial charge in [0, 0.05) is 24.2 Å². The summed E-state index contributed by atoms with van der Waals surface area (Å²) in [5.74, 6) is 2.19. The maximum absolute atomic E-state index is 11.8. The Morgan fingerprint density at radius 1 is 1.00 bits per heavy atom. The Labute approximate surface area is 150 Å². The van der Waals surface area contributed by atoms with Gasteiger partial charge in [-0.25, -0.2) is 23.1 Å². The van der Waals surface area contributed by atoms with Gasteiger partial charge >= 0.3 is 0 Å². The molecule has 2 N–H and O–H groups in total. The molecule has 2 aromatic rings. The van der Waals surface area contributed by atoms with Crippen LogP contribution in [-0.4, -0.2) is 25.4 Å². The summed E-state index contributed by atoms with van der Waals surface area (Å²) in [4.78, 5) is 9.44. The Morgan fingerprint density at radius 3 is 2.16 bits per heavy atom. The molecule has 6 nitrogen and oxygen atoms in total. The van der Waals surface area contributed by atoms with Crippen LogP contribution in [0.15, 0.2) is 35.2 Å². The highest BCUT2D eigenvalue weighted by Gasteiger charge is 2.12. The maximum atomic E-state index is 11.8. The lowest BCUT2D eigenvalue weighted by atomic mass is 10.1. The van der Waals surface area contributed by atoms with Crippen LogP contribution in [0.4, 0.5) is 5.82 Å². The smallest absolute Gasteiger partial charge is 0.240 e. The van der Waals surface area contributed by atoms with Crippen LogP contribution in [-0.2, 0) is 16.6 Å². The third-order valence-corrected chi connectivity index (χ3v) is 5.28. The van der Waals surface area contributed by atoms with E-state index in [1.807, 2.05) is 6.07 Å². The lowest BCUT2D eigenvalue weighted by Crippen LogP contribution is -2.18. The fraction of sp³-hybridized carbons (Fsp3) is 0.444. The molecule has 0 radical (unpaired) electrons. The Bertz CT molecular complexity index is 789. The molecular weight excluding hydrogens is 336 g/mol. The zero-order valence-electron chi connectivity index (χ0n) is 15.4. The van der Waals surface area contributed by atoms with Crippen molar-refractivity contribution in [3.63, 3.8) is 0 Å². The van der Waals surface area contributed by atoms with Gasteiger partial charge in [-0.1, -0.05) is 39.8 Å². The lowest BCUT2D eigenvalue weighted by molar-refractivity contribution is 0.588. The molecule has 1 heterocycles. The van der Waals surface area contributed by atoms with Gasteiger partial charge in [-0.05, 0) is 30.7 Å². The van der Waals surface area contributed by atoms with Crippen LogP contribution in [0.5, 0.6) is 0 Å². The van der Waals surface area contributed by atoms with Crippen LogP contribution in [0.1, 0.15) is 56.6 Å². The van der Waals surface area contributed by atoms with Crippen molar-refractivity contribution >= 4 is 15.8 Å². The van der Waals surface area contributed by atoms with Crippen molar-refractivity contribution in [3.8, 4) is 0 Å². The third kappa shape index (κ3) is 4.99. The van der Waals surface area contributed by atoms with Crippen LogP contribution in [0, 0.1) is 0 Å². The summed E-state index contributed by atoms with van der Waals surface area (Å²) >= 11 is 0. The first-order valence-corrected chi connectivity index (χ1v) is 9.86. The molecule has 0 aliphatic carbocycles. The Kier molecular flexibility index (Phi) is 6.13. The second kappa shape index (κ2) is 7.93. The van der Waals surface area contributed by atoms with E-state index in [1.165, 1.54) is 7.05 Å². The van der Waals surface area contributed by atoms with E-state index in [2.05, 4.69) is 47.7 Å². The summed E-state index contributed by atoms with van der Waals surface area (Å²) < 4.78 is 25.8. The zero-order valence-corrected chi connectivity index (χ0v) is 16.2. The average molecular weight is 362 g/mol. The largest absolute Gasteiger partial charge is 0.366 e. The summed E-state index contributed by atoms with van der Waals surface area (Å²) in [5, 5.41) is 3.31. The lowest BCUT2D eigenvalue weighted by Gasteiger charge is -2.13. The van der Waals surface area contributed by atoms with Gasteiger partial charge in [-0.15, -0.1) is 0 Å². The predicted octanol–water partition coefficient (Wildman–Crippen LogP) is 3.24. The molecule has 0 unspecified atom stereocenters. The van der Waals surface area contributed by atoms with Crippen LogP contribution in [0.3, 0.4) is 0 Å². The van der Waals surface area contributed by atoms with Gasteiger partial charge in [0.25, 0.3) is 0 Å². The molecule has 136 valence electrons. The van der Waals surface area contributed by atoms with Gasteiger partial charge in [-0.2, -0.15) is 0 Å². The molecule has 0 amide bonds. The number of rotatable bonds is 7. The molecule has 0 spiro atoms. The van der Waals surface area contributed by atoms with E-state index in [-0.39, 0.29) is 10.8 Å². The maximum Gasteiger partial charge on any atom is 0.240 e. The van der Waals surface area contributed by atoms with Crippen molar-refractivity contribution in [1.29, 1.82) is 0 Å². The molecule has 0 bridgehead atoms. The molecule has 1 aromatic carbocycles. The van der Waals surface area contributed by atoms with E-state index < -0.39 is 10.0 Å². The van der Waals surface area contributed by atoms with Crippen molar-refractivity contribution in [3.05, 3.63) is 47.4 Å². The summed E-state index contributed by atoms with van der Waals surface area (Å²) in [7, 11) is -2.00. The second-order valence-electron chi connectivity index (χ2n) is 6.55. The van der Waals surface area contributed by atoms with Crippen LogP contribution >= 0.6 is 0 Å². The van der Waals surface area contributed by atoms with Crippen LogP contribution in [0.25, 0.3) is 0 Å². The number of hydrogen-bond donors (Lipinski definition) is 2. The first kappa shape index (κ1) is 19.3. The number of benzene rings is 1. The molecule has 7 heteroatoms. The van der Waals surface area contributed by atoms with E-state index in [9.17, 15) is 8.42 Å². The van der Waals surface area contributed by atoms with Crippen LogP contribution < -0.4 is 10.0 Å². The minimum absolute atomic E-state index is 0.255. The van der Waals surface area contributed by atoms with E-state index >= 15 is 0 Å². The quantitative estimate of drug-likeness (QED) is 0.790. The number of anilines is 1.